The number of hydrogen-bond acceptors (Lipinski definition) is 3. The average molecular weight is 249 g/mol. The van der Waals surface area contributed by atoms with Crippen molar-refractivity contribution >= 4 is 5.82 Å². The Morgan fingerprint density at radius 2 is 1.83 bits per heavy atom. The molecule has 1 aromatic heterocycles. The Morgan fingerprint density at radius 1 is 1.11 bits per heavy atom. The highest BCUT2D eigenvalue weighted by atomic mass is 15.0. The van der Waals surface area contributed by atoms with Crippen molar-refractivity contribution in [2.24, 2.45) is 5.92 Å². The predicted octanol–water partition coefficient (Wildman–Crippen LogP) is 3.76. The zero-order valence-corrected chi connectivity index (χ0v) is 12.5. The Kier molecular flexibility index (Phi) is 6.10. The van der Waals surface area contributed by atoms with Crippen LogP contribution in [-0.4, -0.2) is 16.5 Å². The predicted molar refractivity (Wildman–Crippen MR) is 78.1 cm³/mol. The minimum Gasteiger partial charge on any atom is -0.370 e. The van der Waals surface area contributed by atoms with Crippen molar-refractivity contribution in [2.45, 2.75) is 60.3 Å². The van der Waals surface area contributed by atoms with Gasteiger partial charge in [0.25, 0.3) is 0 Å². The normalized spacial score (nSPS) is 11.0. The molecule has 3 heteroatoms. The van der Waals surface area contributed by atoms with E-state index in [1.54, 1.807) is 0 Å². The Hall–Kier alpha value is -1.12. The third-order valence-electron chi connectivity index (χ3n) is 2.91. The lowest BCUT2D eigenvalue weighted by molar-refractivity contribution is 0.626. The van der Waals surface area contributed by atoms with Crippen LogP contribution in [-0.2, 0) is 12.8 Å². The largest absolute Gasteiger partial charge is 0.370 e. The number of anilines is 1. The van der Waals surface area contributed by atoms with E-state index in [-0.39, 0.29) is 0 Å². The van der Waals surface area contributed by atoms with Crippen molar-refractivity contribution in [3.63, 3.8) is 0 Å². The van der Waals surface area contributed by atoms with Crippen molar-refractivity contribution in [2.75, 3.05) is 11.9 Å². The van der Waals surface area contributed by atoms with Crippen molar-refractivity contribution in [1.29, 1.82) is 0 Å². The zero-order valence-electron chi connectivity index (χ0n) is 12.5. The Balaban J connectivity index is 3.02. The summed E-state index contributed by atoms with van der Waals surface area (Å²) in [5.41, 5.74) is 2.43. The highest BCUT2D eigenvalue weighted by Gasteiger charge is 2.11. The molecule has 1 rings (SSSR count). The summed E-state index contributed by atoms with van der Waals surface area (Å²) in [6, 6.07) is 0. The van der Waals surface area contributed by atoms with Gasteiger partial charge in [-0.1, -0.05) is 27.7 Å². The third-order valence-corrected chi connectivity index (χ3v) is 2.91. The standard InChI is InChI=1S/C15H27N3/c1-6-8-14-17-13(10-11(3)4)12(5)15(18-14)16-9-7-2/h11H,6-10H2,1-5H3,(H,16,17,18). The smallest absolute Gasteiger partial charge is 0.132 e. The molecule has 3 nitrogen and oxygen atoms in total. The summed E-state index contributed by atoms with van der Waals surface area (Å²) >= 11 is 0. The summed E-state index contributed by atoms with van der Waals surface area (Å²) in [5.74, 6) is 2.65. The summed E-state index contributed by atoms with van der Waals surface area (Å²) in [5, 5.41) is 3.42. The number of hydrogen-bond donors (Lipinski definition) is 1. The van der Waals surface area contributed by atoms with E-state index >= 15 is 0 Å². The number of nitrogens with one attached hydrogen (secondary N) is 1. The second kappa shape index (κ2) is 7.34. The Morgan fingerprint density at radius 3 is 2.39 bits per heavy atom. The van der Waals surface area contributed by atoms with Crippen LogP contribution in [0.1, 0.15) is 57.6 Å². The van der Waals surface area contributed by atoms with Gasteiger partial charge in [0.05, 0.1) is 0 Å². The monoisotopic (exact) mass is 249 g/mol. The van der Waals surface area contributed by atoms with Crippen molar-refractivity contribution in [1.82, 2.24) is 9.97 Å². The van der Waals surface area contributed by atoms with Crippen LogP contribution in [0.3, 0.4) is 0 Å². The van der Waals surface area contributed by atoms with Crippen LogP contribution in [0, 0.1) is 12.8 Å². The number of rotatable bonds is 7. The maximum atomic E-state index is 4.72. The first-order valence-electron chi connectivity index (χ1n) is 7.18. The molecular formula is C15H27N3. The summed E-state index contributed by atoms with van der Waals surface area (Å²) in [6.45, 7) is 11.9. The second-order valence-corrected chi connectivity index (χ2v) is 5.33. The van der Waals surface area contributed by atoms with E-state index < -0.39 is 0 Å². The summed E-state index contributed by atoms with van der Waals surface area (Å²) in [6.07, 6.45) is 4.21. The van der Waals surface area contributed by atoms with E-state index in [1.807, 2.05) is 0 Å². The highest BCUT2D eigenvalue weighted by molar-refractivity contribution is 5.46. The summed E-state index contributed by atoms with van der Waals surface area (Å²) < 4.78 is 0. The van der Waals surface area contributed by atoms with E-state index in [2.05, 4.69) is 44.9 Å². The molecule has 102 valence electrons. The van der Waals surface area contributed by atoms with Crippen LogP contribution in [0.15, 0.2) is 0 Å². The molecule has 0 saturated carbocycles. The van der Waals surface area contributed by atoms with Crippen LogP contribution >= 0.6 is 0 Å². The molecule has 0 fully saturated rings. The van der Waals surface area contributed by atoms with E-state index in [1.165, 1.54) is 11.3 Å². The maximum absolute atomic E-state index is 4.72. The van der Waals surface area contributed by atoms with Crippen LogP contribution < -0.4 is 5.32 Å². The molecule has 1 aromatic rings. The second-order valence-electron chi connectivity index (χ2n) is 5.33. The third kappa shape index (κ3) is 4.28. The van der Waals surface area contributed by atoms with E-state index in [0.29, 0.717) is 5.92 Å². The van der Waals surface area contributed by atoms with Gasteiger partial charge in [0.2, 0.25) is 0 Å². The molecule has 0 amide bonds. The maximum Gasteiger partial charge on any atom is 0.132 e. The molecule has 1 N–H and O–H groups in total. The topological polar surface area (TPSA) is 37.8 Å². The Labute approximate surface area is 111 Å². The molecular weight excluding hydrogens is 222 g/mol. The van der Waals surface area contributed by atoms with Gasteiger partial charge >= 0.3 is 0 Å². The van der Waals surface area contributed by atoms with Gasteiger partial charge in [-0.15, -0.1) is 0 Å². The minimum absolute atomic E-state index is 0.632. The quantitative estimate of drug-likeness (QED) is 0.799. The fourth-order valence-electron chi connectivity index (χ4n) is 1.95. The molecule has 0 aliphatic heterocycles. The minimum atomic E-state index is 0.632. The van der Waals surface area contributed by atoms with E-state index in [0.717, 1.165) is 43.9 Å². The molecule has 0 aromatic carbocycles. The molecule has 0 atom stereocenters. The molecule has 1 heterocycles. The van der Waals surface area contributed by atoms with E-state index in [4.69, 9.17) is 4.98 Å². The lowest BCUT2D eigenvalue weighted by atomic mass is 10.0. The SMILES string of the molecule is CCCNc1nc(CCC)nc(CC(C)C)c1C. The zero-order chi connectivity index (χ0) is 13.5. The lowest BCUT2D eigenvalue weighted by Gasteiger charge is -2.14. The number of aromatic nitrogens is 2. The molecule has 18 heavy (non-hydrogen) atoms. The van der Waals surface area contributed by atoms with Gasteiger partial charge in [0, 0.05) is 24.2 Å². The Bertz CT molecular complexity index is 372. The van der Waals surface area contributed by atoms with Gasteiger partial charge in [-0.3, -0.25) is 0 Å². The number of aryl methyl sites for hydroxylation is 1. The highest BCUT2D eigenvalue weighted by Crippen LogP contribution is 2.19. The van der Waals surface area contributed by atoms with E-state index in [9.17, 15) is 0 Å². The summed E-state index contributed by atoms with van der Waals surface area (Å²) in [7, 11) is 0. The first kappa shape index (κ1) is 14.9. The van der Waals surface area contributed by atoms with Crippen molar-refractivity contribution in [3.8, 4) is 0 Å². The van der Waals surface area contributed by atoms with Gasteiger partial charge in [-0.25, -0.2) is 9.97 Å². The van der Waals surface area contributed by atoms with Crippen LogP contribution in [0.2, 0.25) is 0 Å². The van der Waals surface area contributed by atoms with Gasteiger partial charge in [-0.2, -0.15) is 0 Å². The molecule has 0 bridgehead atoms. The molecule has 0 unspecified atom stereocenters. The lowest BCUT2D eigenvalue weighted by Crippen LogP contribution is -2.12. The van der Waals surface area contributed by atoms with Gasteiger partial charge in [-0.05, 0) is 32.1 Å². The average Bonchev–Trinajstić information content (AvgIpc) is 2.31. The summed E-state index contributed by atoms with van der Waals surface area (Å²) in [4.78, 5) is 9.37. The van der Waals surface area contributed by atoms with Crippen molar-refractivity contribution in [3.05, 3.63) is 17.1 Å². The van der Waals surface area contributed by atoms with Gasteiger partial charge in [0.15, 0.2) is 0 Å². The molecule has 0 aliphatic carbocycles. The fraction of sp³-hybridized carbons (Fsp3) is 0.733. The fourth-order valence-corrected chi connectivity index (χ4v) is 1.95. The van der Waals surface area contributed by atoms with Gasteiger partial charge < -0.3 is 5.32 Å². The molecule has 0 spiro atoms. The number of nitrogens with zero attached hydrogens (tertiary/aromatic N) is 2. The molecule has 0 radical (unpaired) electrons. The van der Waals surface area contributed by atoms with Gasteiger partial charge in [0.1, 0.15) is 11.6 Å². The molecule has 0 saturated heterocycles. The molecule has 0 aliphatic rings. The van der Waals surface area contributed by atoms with Crippen molar-refractivity contribution < 1.29 is 0 Å². The first-order chi connectivity index (χ1) is 8.58. The first-order valence-corrected chi connectivity index (χ1v) is 7.18. The van der Waals surface area contributed by atoms with Crippen LogP contribution in [0.4, 0.5) is 5.82 Å². The van der Waals surface area contributed by atoms with Crippen LogP contribution in [0.25, 0.3) is 0 Å². The van der Waals surface area contributed by atoms with Crippen LogP contribution in [0.5, 0.6) is 0 Å².